The molecule has 0 bridgehead atoms. The number of likely N-dealkylation sites (N-methyl/N-ethyl adjacent to an activating group) is 1. The van der Waals surface area contributed by atoms with Gasteiger partial charge in [-0.05, 0) is 31.2 Å². The van der Waals surface area contributed by atoms with Gasteiger partial charge in [-0.3, -0.25) is 4.90 Å². The molecule has 1 saturated heterocycles. The maximum atomic E-state index is 12.8. The van der Waals surface area contributed by atoms with Crippen LogP contribution in [0.5, 0.6) is 5.75 Å². The Morgan fingerprint density at radius 3 is 2.34 bits per heavy atom. The number of rotatable bonds is 7. The van der Waals surface area contributed by atoms with E-state index in [0.29, 0.717) is 23.6 Å². The summed E-state index contributed by atoms with van der Waals surface area (Å²) in [4.78, 5) is 29.9. The molecule has 0 aliphatic carbocycles. The van der Waals surface area contributed by atoms with Crippen LogP contribution in [0.1, 0.15) is 25.5 Å². The highest BCUT2D eigenvalue weighted by atomic mass is 16.5. The zero-order valence-corrected chi connectivity index (χ0v) is 17.4. The van der Waals surface area contributed by atoms with Gasteiger partial charge >= 0.3 is 12.0 Å². The number of ether oxygens (including phenoxy) is 2. The van der Waals surface area contributed by atoms with Crippen LogP contribution >= 0.6 is 0 Å². The molecule has 2 aliphatic rings. The van der Waals surface area contributed by atoms with Gasteiger partial charge in [-0.25, -0.2) is 9.59 Å². The Bertz CT molecular complexity index is 754. The largest absolute Gasteiger partial charge is 0.497 e. The van der Waals surface area contributed by atoms with E-state index in [1.54, 1.807) is 14.0 Å². The lowest BCUT2D eigenvalue weighted by Crippen LogP contribution is -2.51. The van der Waals surface area contributed by atoms with Crippen LogP contribution in [0.15, 0.2) is 35.5 Å². The molecule has 1 aromatic rings. The van der Waals surface area contributed by atoms with Gasteiger partial charge in [0.25, 0.3) is 0 Å². The summed E-state index contributed by atoms with van der Waals surface area (Å²) in [6.07, 6.45) is 0. The van der Waals surface area contributed by atoms with Gasteiger partial charge in [-0.1, -0.05) is 19.1 Å². The smallest absolute Gasteiger partial charge is 0.338 e. The second-order valence-corrected chi connectivity index (χ2v) is 7.13. The Morgan fingerprint density at radius 1 is 1.10 bits per heavy atom. The number of esters is 1. The van der Waals surface area contributed by atoms with Crippen LogP contribution in [0.3, 0.4) is 0 Å². The van der Waals surface area contributed by atoms with Crippen molar-refractivity contribution in [3.8, 4) is 5.75 Å². The first-order valence-electron chi connectivity index (χ1n) is 10.1. The maximum Gasteiger partial charge on any atom is 0.338 e. The summed E-state index contributed by atoms with van der Waals surface area (Å²) in [5, 5.41) is 5.72. The van der Waals surface area contributed by atoms with E-state index in [9.17, 15) is 9.59 Å². The van der Waals surface area contributed by atoms with E-state index in [4.69, 9.17) is 9.47 Å². The molecule has 8 heteroatoms. The molecule has 0 radical (unpaired) electrons. The highest BCUT2D eigenvalue weighted by Gasteiger charge is 2.34. The number of hydrogen-bond acceptors (Lipinski definition) is 6. The van der Waals surface area contributed by atoms with Crippen molar-refractivity contribution in [3.63, 3.8) is 0 Å². The van der Waals surface area contributed by atoms with Crippen molar-refractivity contribution >= 4 is 12.0 Å². The van der Waals surface area contributed by atoms with Crippen LogP contribution in [0.25, 0.3) is 0 Å². The molecule has 1 atom stereocenters. The Hall–Kier alpha value is -2.58. The number of carbonyl (C=O) groups is 2. The van der Waals surface area contributed by atoms with Crippen molar-refractivity contribution in [1.82, 2.24) is 20.4 Å². The topological polar surface area (TPSA) is 83.1 Å². The SMILES string of the molecule is CCOC(=O)C1=C(CN2CCN(CC)CC2)NC(=O)N[C@@H]1c1ccc(OC)cc1. The summed E-state index contributed by atoms with van der Waals surface area (Å²) < 4.78 is 10.5. The molecule has 2 amide bonds. The minimum atomic E-state index is -0.569. The Morgan fingerprint density at radius 2 is 1.76 bits per heavy atom. The molecule has 0 unspecified atom stereocenters. The van der Waals surface area contributed by atoms with Gasteiger partial charge in [0.2, 0.25) is 0 Å². The zero-order valence-electron chi connectivity index (χ0n) is 17.4. The predicted octanol–water partition coefficient (Wildman–Crippen LogP) is 1.50. The maximum absolute atomic E-state index is 12.8. The van der Waals surface area contributed by atoms with Gasteiger partial charge < -0.3 is 25.0 Å². The molecular formula is C21H30N4O4. The summed E-state index contributed by atoms with van der Waals surface area (Å²) in [6, 6.07) is 6.45. The summed E-state index contributed by atoms with van der Waals surface area (Å²) in [5.74, 6) is 0.299. The van der Waals surface area contributed by atoms with E-state index in [1.165, 1.54) is 0 Å². The molecule has 0 aromatic heterocycles. The third kappa shape index (κ3) is 5.07. The fraction of sp³-hybridized carbons (Fsp3) is 0.524. The highest BCUT2D eigenvalue weighted by Crippen LogP contribution is 2.29. The molecule has 1 fully saturated rings. The first-order chi connectivity index (χ1) is 14.0. The molecule has 2 N–H and O–H groups in total. The van der Waals surface area contributed by atoms with Crippen molar-refractivity contribution in [1.29, 1.82) is 0 Å². The minimum Gasteiger partial charge on any atom is -0.497 e. The Kier molecular flexibility index (Phi) is 7.11. The summed E-state index contributed by atoms with van der Waals surface area (Å²) in [6.45, 7) is 9.49. The standard InChI is InChI=1S/C21H30N4O4/c1-4-24-10-12-25(13-11-24)14-17-18(20(26)29-5-2)19(23-21(27)22-17)15-6-8-16(28-3)9-7-15/h6-9,19H,4-5,10-14H2,1-3H3,(H2,22,23,27)/t19-/m1/s1. The third-order valence-corrected chi connectivity index (χ3v) is 5.39. The minimum absolute atomic E-state index is 0.272. The molecule has 2 heterocycles. The predicted molar refractivity (Wildman–Crippen MR) is 110 cm³/mol. The monoisotopic (exact) mass is 402 g/mol. The number of amides is 2. The first kappa shape index (κ1) is 21.1. The fourth-order valence-corrected chi connectivity index (χ4v) is 3.73. The van der Waals surface area contributed by atoms with Crippen LogP contribution in [0, 0.1) is 0 Å². The molecule has 0 spiro atoms. The summed E-state index contributed by atoms with van der Waals surface area (Å²) in [5.41, 5.74) is 1.87. The first-order valence-corrected chi connectivity index (χ1v) is 10.1. The number of nitrogens with zero attached hydrogens (tertiary/aromatic N) is 2. The lowest BCUT2D eigenvalue weighted by molar-refractivity contribution is -0.139. The average Bonchev–Trinajstić information content (AvgIpc) is 2.74. The summed E-state index contributed by atoms with van der Waals surface area (Å²) >= 11 is 0. The summed E-state index contributed by atoms with van der Waals surface area (Å²) in [7, 11) is 1.60. The van der Waals surface area contributed by atoms with Crippen molar-refractivity contribution in [2.24, 2.45) is 0 Å². The number of carbonyl (C=O) groups excluding carboxylic acids is 2. The second kappa shape index (κ2) is 9.76. The van der Waals surface area contributed by atoms with E-state index in [0.717, 1.165) is 38.3 Å². The number of nitrogens with one attached hydrogen (secondary N) is 2. The van der Waals surface area contributed by atoms with Crippen LogP contribution < -0.4 is 15.4 Å². The highest BCUT2D eigenvalue weighted by molar-refractivity contribution is 5.95. The molecule has 29 heavy (non-hydrogen) atoms. The number of methoxy groups -OCH3 is 1. The molecule has 158 valence electrons. The van der Waals surface area contributed by atoms with E-state index in [1.807, 2.05) is 24.3 Å². The number of piperazine rings is 1. The molecule has 0 saturated carbocycles. The van der Waals surface area contributed by atoms with Crippen molar-refractivity contribution in [3.05, 3.63) is 41.1 Å². The van der Waals surface area contributed by atoms with Crippen LogP contribution in [0.2, 0.25) is 0 Å². The molecule has 2 aliphatic heterocycles. The van der Waals surface area contributed by atoms with Crippen molar-refractivity contribution < 1.29 is 19.1 Å². The lowest BCUT2D eigenvalue weighted by atomic mass is 9.94. The lowest BCUT2D eigenvalue weighted by Gasteiger charge is -2.36. The Labute approximate surface area is 171 Å². The van der Waals surface area contributed by atoms with Crippen LogP contribution in [-0.4, -0.2) is 74.8 Å². The van der Waals surface area contributed by atoms with Gasteiger partial charge in [0, 0.05) is 38.4 Å². The molecule has 1 aromatic carbocycles. The third-order valence-electron chi connectivity index (χ3n) is 5.39. The fourth-order valence-electron chi connectivity index (χ4n) is 3.73. The van der Waals surface area contributed by atoms with Gasteiger partial charge in [0.1, 0.15) is 5.75 Å². The van der Waals surface area contributed by atoms with Crippen molar-refractivity contribution in [2.75, 3.05) is 53.0 Å². The Balaban J connectivity index is 1.90. The molecule has 8 nitrogen and oxygen atoms in total. The van der Waals surface area contributed by atoms with Crippen molar-refractivity contribution in [2.45, 2.75) is 19.9 Å². The quantitative estimate of drug-likeness (QED) is 0.673. The van der Waals surface area contributed by atoms with Gasteiger partial charge in [0.05, 0.1) is 25.3 Å². The number of hydrogen-bond donors (Lipinski definition) is 2. The van der Waals surface area contributed by atoms with Gasteiger partial charge in [-0.15, -0.1) is 0 Å². The molecular weight excluding hydrogens is 372 g/mol. The average molecular weight is 402 g/mol. The van der Waals surface area contributed by atoms with E-state index < -0.39 is 12.0 Å². The van der Waals surface area contributed by atoms with E-state index in [2.05, 4.69) is 27.4 Å². The van der Waals surface area contributed by atoms with E-state index >= 15 is 0 Å². The zero-order chi connectivity index (χ0) is 20.8. The van der Waals surface area contributed by atoms with E-state index in [-0.39, 0.29) is 12.6 Å². The van der Waals surface area contributed by atoms with Gasteiger partial charge in [-0.2, -0.15) is 0 Å². The second-order valence-electron chi connectivity index (χ2n) is 7.13. The molecule has 3 rings (SSSR count). The van der Waals surface area contributed by atoms with Crippen LogP contribution in [-0.2, 0) is 9.53 Å². The number of benzene rings is 1. The van der Waals surface area contributed by atoms with Gasteiger partial charge in [0.15, 0.2) is 0 Å². The normalized spacial score (nSPS) is 20.8. The number of urea groups is 1. The van der Waals surface area contributed by atoms with Crippen LogP contribution in [0.4, 0.5) is 4.79 Å².